The van der Waals surface area contributed by atoms with E-state index in [0.717, 1.165) is 16.5 Å². The number of hydrogen-bond donors (Lipinski definition) is 2. The predicted molar refractivity (Wildman–Crippen MR) is 74.9 cm³/mol. The molecule has 17 heavy (non-hydrogen) atoms. The van der Waals surface area contributed by atoms with Gasteiger partial charge in [-0.25, -0.2) is 0 Å². The summed E-state index contributed by atoms with van der Waals surface area (Å²) in [6.45, 7) is 5.96. The first kappa shape index (κ1) is 14.1. The van der Waals surface area contributed by atoms with Gasteiger partial charge in [-0.1, -0.05) is 28.8 Å². The lowest BCUT2D eigenvalue weighted by atomic mass is 9.98. The maximum atomic E-state index is 9.89. The number of aromatic hydroxyl groups is 1. The second-order valence-electron chi connectivity index (χ2n) is 4.58. The highest BCUT2D eigenvalue weighted by molar-refractivity contribution is 9.10. The lowest BCUT2D eigenvalue weighted by Gasteiger charge is -2.27. The van der Waals surface area contributed by atoms with Crippen molar-refractivity contribution >= 4 is 15.9 Å². The third kappa shape index (κ3) is 3.76. The maximum Gasteiger partial charge on any atom is 0.120 e. The van der Waals surface area contributed by atoms with Gasteiger partial charge in [0.25, 0.3) is 0 Å². The van der Waals surface area contributed by atoms with E-state index in [4.69, 9.17) is 6.42 Å². The molecule has 0 spiro atoms. The molecule has 0 aliphatic carbocycles. The van der Waals surface area contributed by atoms with E-state index in [0.29, 0.717) is 5.75 Å². The number of phenolic OH excluding ortho intramolecular Hbond substituents is 1. The Morgan fingerprint density at radius 2 is 2.18 bits per heavy atom. The molecule has 0 fully saturated rings. The molecule has 0 saturated carbocycles. The molecule has 3 heteroatoms. The van der Waals surface area contributed by atoms with Crippen LogP contribution >= 0.6 is 15.9 Å². The molecule has 0 heterocycles. The number of nitrogens with one attached hydrogen (secondary N) is 1. The van der Waals surface area contributed by atoms with Gasteiger partial charge in [0.05, 0.1) is 5.54 Å². The fourth-order valence-corrected chi connectivity index (χ4v) is 2.06. The molecule has 0 amide bonds. The number of benzene rings is 1. The molecule has 0 aromatic heterocycles. The van der Waals surface area contributed by atoms with Gasteiger partial charge in [-0.05, 0) is 38.5 Å². The molecule has 92 valence electrons. The van der Waals surface area contributed by atoms with Crippen molar-refractivity contribution in [3.8, 4) is 18.1 Å². The molecule has 0 saturated heterocycles. The molecule has 0 aliphatic rings. The van der Waals surface area contributed by atoms with E-state index in [1.165, 1.54) is 0 Å². The monoisotopic (exact) mass is 295 g/mol. The van der Waals surface area contributed by atoms with E-state index in [9.17, 15) is 5.11 Å². The maximum absolute atomic E-state index is 9.89. The predicted octanol–water partition coefficient (Wildman–Crippen LogP) is 3.61. The van der Waals surface area contributed by atoms with Gasteiger partial charge >= 0.3 is 0 Å². The molecule has 0 aliphatic heterocycles. The van der Waals surface area contributed by atoms with Gasteiger partial charge in [-0.2, -0.15) is 0 Å². The van der Waals surface area contributed by atoms with E-state index in [1.54, 1.807) is 6.07 Å². The van der Waals surface area contributed by atoms with Crippen molar-refractivity contribution in [2.45, 2.75) is 38.8 Å². The molecule has 2 nitrogen and oxygen atoms in total. The van der Waals surface area contributed by atoms with Crippen LogP contribution in [0.25, 0.3) is 0 Å². The SMILES string of the molecule is C#CC(C)(C)NC(CC)c1cc(Br)ccc1O. The van der Waals surface area contributed by atoms with E-state index in [2.05, 4.69) is 34.1 Å². The molecule has 0 radical (unpaired) electrons. The zero-order chi connectivity index (χ0) is 13.1. The van der Waals surface area contributed by atoms with Crippen molar-refractivity contribution in [3.05, 3.63) is 28.2 Å². The zero-order valence-corrected chi connectivity index (χ0v) is 12.0. The summed E-state index contributed by atoms with van der Waals surface area (Å²) in [5, 5.41) is 13.3. The van der Waals surface area contributed by atoms with Gasteiger partial charge in [0.1, 0.15) is 5.75 Å². The van der Waals surface area contributed by atoms with Crippen LogP contribution in [-0.2, 0) is 0 Å². The second kappa shape index (κ2) is 5.57. The normalized spacial score (nSPS) is 13.1. The Hall–Kier alpha value is -0.980. The molecule has 1 unspecified atom stereocenters. The van der Waals surface area contributed by atoms with Crippen molar-refractivity contribution in [1.82, 2.24) is 5.32 Å². The van der Waals surface area contributed by atoms with Crippen molar-refractivity contribution in [2.75, 3.05) is 0 Å². The standard InChI is InChI=1S/C14H18BrNO/c1-5-12(16-14(3,4)6-2)11-9-10(15)7-8-13(11)17/h2,7-9,12,16-17H,5H2,1,3-4H3. The smallest absolute Gasteiger partial charge is 0.120 e. The van der Waals surface area contributed by atoms with Crippen LogP contribution in [0.4, 0.5) is 0 Å². The largest absolute Gasteiger partial charge is 0.508 e. The Labute approximate surface area is 112 Å². The fourth-order valence-electron chi connectivity index (χ4n) is 1.68. The van der Waals surface area contributed by atoms with Crippen LogP contribution in [0.5, 0.6) is 5.75 Å². The van der Waals surface area contributed by atoms with Crippen LogP contribution in [0.15, 0.2) is 22.7 Å². The molecule has 1 aromatic carbocycles. The lowest BCUT2D eigenvalue weighted by Crippen LogP contribution is -2.40. The van der Waals surface area contributed by atoms with Gasteiger partial charge in [-0.15, -0.1) is 6.42 Å². The van der Waals surface area contributed by atoms with E-state index >= 15 is 0 Å². The molecule has 1 rings (SSSR count). The quantitative estimate of drug-likeness (QED) is 0.832. The number of phenols is 1. The average Bonchev–Trinajstić information content (AvgIpc) is 2.29. The third-order valence-corrected chi connectivity index (χ3v) is 3.16. The molecule has 1 aromatic rings. The number of rotatable bonds is 4. The lowest BCUT2D eigenvalue weighted by molar-refractivity contribution is 0.386. The molecule has 1 atom stereocenters. The summed E-state index contributed by atoms with van der Waals surface area (Å²) >= 11 is 3.41. The number of halogens is 1. The van der Waals surface area contributed by atoms with Gasteiger partial charge in [-0.3, -0.25) is 5.32 Å². The summed E-state index contributed by atoms with van der Waals surface area (Å²) in [6, 6.07) is 5.46. The molecule has 2 N–H and O–H groups in total. The Morgan fingerprint density at radius 1 is 1.53 bits per heavy atom. The average molecular weight is 296 g/mol. The summed E-state index contributed by atoms with van der Waals surface area (Å²) in [5.41, 5.74) is 0.473. The van der Waals surface area contributed by atoms with Crippen LogP contribution in [0.2, 0.25) is 0 Å². The molecular formula is C14H18BrNO. The summed E-state index contributed by atoms with van der Waals surface area (Å²) in [5.74, 6) is 3.00. The third-order valence-electron chi connectivity index (χ3n) is 2.67. The van der Waals surface area contributed by atoms with Crippen LogP contribution < -0.4 is 5.32 Å². The van der Waals surface area contributed by atoms with Crippen molar-refractivity contribution < 1.29 is 5.11 Å². The van der Waals surface area contributed by atoms with Gasteiger partial charge in [0, 0.05) is 16.1 Å². The summed E-state index contributed by atoms with van der Waals surface area (Å²) in [6.07, 6.45) is 6.33. The highest BCUT2D eigenvalue weighted by atomic mass is 79.9. The van der Waals surface area contributed by atoms with Crippen LogP contribution in [-0.4, -0.2) is 10.6 Å². The Bertz CT molecular complexity index is 434. The van der Waals surface area contributed by atoms with E-state index < -0.39 is 5.54 Å². The zero-order valence-electron chi connectivity index (χ0n) is 10.4. The summed E-state index contributed by atoms with van der Waals surface area (Å²) < 4.78 is 0.948. The van der Waals surface area contributed by atoms with Crippen LogP contribution in [0.1, 0.15) is 38.8 Å². The molecular weight excluding hydrogens is 278 g/mol. The minimum Gasteiger partial charge on any atom is -0.508 e. The Balaban J connectivity index is 3.02. The Morgan fingerprint density at radius 3 is 2.71 bits per heavy atom. The number of hydrogen-bond acceptors (Lipinski definition) is 2. The number of terminal acetylenes is 1. The van der Waals surface area contributed by atoms with Gasteiger partial charge in [0.15, 0.2) is 0 Å². The summed E-state index contributed by atoms with van der Waals surface area (Å²) in [4.78, 5) is 0. The highest BCUT2D eigenvalue weighted by Gasteiger charge is 2.21. The van der Waals surface area contributed by atoms with Crippen LogP contribution in [0, 0.1) is 12.3 Å². The van der Waals surface area contributed by atoms with Crippen molar-refractivity contribution in [1.29, 1.82) is 0 Å². The first-order chi connectivity index (χ1) is 7.89. The first-order valence-corrected chi connectivity index (χ1v) is 6.43. The van der Waals surface area contributed by atoms with Crippen molar-refractivity contribution in [3.63, 3.8) is 0 Å². The van der Waals surface area contributed by atoms with Gasteiger partial charge < -0.3 is 5.11 Å². The molecule has 0 bridgehead atoms. The minimum atomic E-state index is -0.393. The minimum absolute atomic E-state index is 0.0403. The Kier molecular flexibility index (Phi) is 4.62. The van der Waals surface area contributed by atoms with E-state index in [-0.39, 0.29) is 6.04 Å². The second-order valence-corrected chi connectivity index (χ2v) is 5.49. The summed E-state index contributed by atoms with van der Waals surface area (Å²) in [7, 11) is 0. The van der Waals surface area contributed by atoms with Crippen molar-refractivity contribution in [2.24, 2.45) is 0 Å². The first-order valence-electron chi connectivity index (χ1n) is 5.63. The topological polar surface area (TPSA) is 32.3 Å². The fraction of sp³-hybridized carbons (Fsp3) is 0.429. The van der Waals surface area contributed by atoms with Gasteiger partial charge in [0.2, 0.25) is 0 Å². The van der Waals surface area contributed by atoms with Crippen LogP contribution in [0.3, 0.4) is 0 Å². The highest BCUT2D eigenvalue weighted by Crippen LogP contribution is 2.30. The van der Waals surface area contributed by atoms with E-state index in [1.807, 2.05) is 26.0 Å².